The van der Waals surface area contributed by atoms with Crippen molar-refractivity contribution >= 4 is 5.97 Å². The van der Waals surface area contributed by atoms with Gasteiger partial charge in [0.25, 0.3) is 0 Å². The largest absolute Gasteiger partial charge is 0.497 e. The monoisotopic (exact) mass is 234 g/mol. The fraction of sp³-hybridized carbons (Fsp3) is 0.462. The van der Waals surface area contributed by atoms with Crippen LogP contribution < -0.4 is 9.47 Å². The Morgan fingerprint density at radius 3 is 3.06 bits per heavy atom. The fourth-order valence-electron chi connectivity index (χ4n) is 2.83. The molecule has 1 saturated carbocycles. The molecule has 0 saturated heterocycles. The van der Waals surface area contributed by atoms with Crippen LogP contribution in [0.4, 0.5) is 0 Å². The van der Waals surface area contributed by atoms with Gasteiger partial charge in [-0.15, -0.1) is 0 Å². The molecule has 1 aromatic carbocycles. The van der Waals surface area contributed by atoms with E-state index in [1.54, 1.807) is 7.11 Å². The van der Waals surface area contributed by atoms with Crippen molar-refractivity contribution in [3.8, 4) is 11.5 Å². The molecular weight excluding hydrogens is 220 g/mol. The van der Waals surface area contributed by atoms with Gasteiger partial charge in [-0.3, -0.25) is 4.79 Å². The summed E-state index contributed by atoms with van der Waals surface area (Å²) in [7, 11) is 1.61. The number of rotatable bonds is 2. The molecule has 3 rings (SSSR count). The van der Waals surface area contributed by atoms with E-state index < -0.39 is 5.97 Å². The molecular formula is C13H14O4. The molecule has 4 nitrogen and oxygen atoms in total. The number of hydrogen-bond donors (Lipinski definition) is 1. The van der Waals surface area contributed by atoms with Crippen LogP contribution in [0.5, 0.6) is 11.5 Å². The number of aliphatic carboxylic acids is 1. The molecule has 1 N–H and O–H groups in total. The normalized spacial score (nSPS) is 29.4. The van der Waals surface area contributed by atoms with E-state index in [1.807, 2.05) is 18.2 Å². The van der Waals surface area contributed by atoms with Gasteiger partial charge < -0.3 is 14.6 Å². The summed E-state index contributed by atoms with van der Waals surface area (Å²) in [5.41, 5.74) is 0.782. The van der Waals surface area contributed by atoms with Gasteiger partial charge in [0.2, 0.25) is 0 Å². The molecule has 0 amide bonds. The highest BCUT2D eigenvalue weighted by atomic mass is 16.5. The van der Waals surface area contributed by atoms with E-state index in [0.717, 1.165) is 23.5 Å². The summed E-state index contributed by atoms with van der Waals surface area (Å²) in [5, 5.41) is 9.15. The molecule has 1 spiro atoms. The Hall–Kier alpha value is -1.71. The summed E-state index contributed by atoms with van der Waals surface area (Å²) in [6.45, 7) is 0.600. The third kappa shape index (κ3) is 1.40. The highest BCUT2D eigenvalue weighted by molar-refractivity contribution is 5.78. The maximum absolute atomic E-state index is 11.1. The second-order valence-corrected chi connectivity index (χ2v) is 4.71. The molecule has 1 fully saturated rings. The van der Waals surface area contributed by atoms with Gasteiger partial charge in [0, 0.05) is 11.0 Å². The lowest BCUT2D eigenvalue weighted by molar-refractivity contribution is -0.139. The molecule has 0 aromatic heterocycles. The summed E-state index contributed by atoms with van der Waals surface area (Å²) in [6, 6.07) is 5.62. The summed E-state index contributed by atoms with van der Waals surface area (Å²) in [4.78, 5) is 11.1. The Morgan fingerprint density at radius 2 is 2.41 bits per heavy atom. The van der Waals surface area contributed by atoms with Crippen molar-refractivity contribution in [3.05, 3.63) is 23.8 Å². The van der Waals surface area contributed by atoms with Crippen molar-refractivity contribution in [2.45, 2.75) is 18.3 Å². The molecule has 2 aliphatic rings. The van der Waals surface area contributed by atoms with E-state index in [0.29, 0.717) is 13.0 Å². The molecule has 1 heterocycles. The van der Waals surface area contributed by atoms with Gasteiger partial charge in [0.15, 0.2) is 0 Å². The van der Waals surface area contributed by atoms with Gasteiger partial charge in [-0.05, 0) is 31.0 Å². The zero-order valence-electron chi connectivity index (χ0n) is 9.60. The average Bonchev–Trinajstić information content (AvgIpc) is 3.05. The molecule has 0 radical (unpaired) electrons. The number of carboxylic acid groups (broad SMARTS) is 1. The van der Waals surface area contributed by atoms with Crippen LogP contribution in [0, 0.1) is 5.92 Å². The number of benzene rings is 1. The summed E-state index contributed by atoms with van der Waals surface area (Å²) in [6.07, 6.45) is 1.50. The summed E-state index contributed by atoms with van der Waals surface area (Å²) < 4.78 is 10.8. The minimum atomic E-state index is -0.708. The van der Waals surface area contributed by atoms with Crippen molar-refractivity contribution in [2.75, 3.05) is 13.7 Å². The Bertz CT molecular complexity index is 482. The molecule has 0 bridgehead atoms. The number of ether oxygens (including phenoxy) is 2. The zero-order chi connectivity index (χ0) is 12.0. The van der Waals surface area contributed by atoms with Gasteiger partial charge in [-0.2, -0.15) is 0 Å². The van der Waals surface area contributed by atoms with E-state index in [-0.39, 0.29) is 11.3 Å². The molecule has 17 heavy (non-hydrogen) atoms. The number of methoxy groups -OCH3 is 1. The number of fused-ring (bicyclic) bond motifs is 2. The maximum atomic E-state index is 11.1. The van der Waals surface area contributed by atoms with E-state index in [2.05, 4.69) is 0 Å². The van der Waals surface area contributed by atoms with Crippen molar-refractivity contribution in [3.63, 3.8) is 0 Å². The van der Waals surface area contributed by atoms with Crippen molar-refractivity contribution < 1.29 is 19.4 Å². The van der Waals surface area contributed by atoms with Gasteiger partial charge in [-0.25, -0.2) is 0 Å². The van der Waals surface area contributed by atoms with E-state index in [9.17, 15) is 4.79 Å². The molecule has 2 atom stereocenters. The molecule has 1 aromatic rings. The van der Waals surface area contributed by atoms with E-state index in [1.165, 1.54) is 0 Å². The minimum absolute atomic E-state index is 0.214. The van der Waals surface area contributed by atoms with Crippen LogP contribution in [0.2, 0.25) is 0 Å². The first-order valence-corrected chi connectivity index (χ1v) is 5.71. The third-order valence-corrected chi connectivity index (χ3v) is 3.90. The summed E-state index contributed by atoms with van der Waals surface area (Å²) >= 11 is 0. The zero-order valence-corrected chi connectivity index (χ0v) is 9.60. The fourth-order valence-corrected chi connectivity index (χ4v) is 2.83. The van der Waals surface area contributed by atoms with Gasteiger partial charge in [0.05, 0.1) is 19.6 Å². The van der Waals surface area contributed by atoms with Crippen molar-refractivity contribution in [1.29, 1.82) is 0 Å². The standard InChI is InChI=1S/C13H14O4/c1-16-8-2-3-11-9(6-8)13(4-5-17-11)7-10(13)12(14)15/h2-3,6,10H,4-5,7H2,1H3,(H,14,15)/t10-,13+/m1/s1. The summed E-state index contributed by atoms with van der Waals surface area (Å²) in [5.74, 6) is 0.586. The van der Waals surface area contributed by atoms with E-state index >= 15 is 0 Å². The predicted octanol–water partition coefficient (Wildman–Crippen LogP) is 1.82. The lowest BCUT2D eigenvalue weighted by atomic mass is 9.87. The first kappa shape index (κ1) is 10.4. The molecule has 1 aliphatic carbocycles. The quantitative estimate of drug-likeness (QED) is 0.848. The molecule has 4 heteroatoms. The van der Waals surface area contributed by atoms with Crippen LogP contribution in [-0.2, 0) is 10.2 Å². The SMILES string of the molecule is COc1ccc2c(c1)[C@]1(CCO2)C[C@@H]1C(=O)O. The van der Waals surface area contributed by atoms with Crippen molar-refractivity contribution in [1.82, 2.24) is 0 Å². The highest BCUT2D eigenvalue weighted by Crippen LogP contribution is 2.61. The van der Waals surface area contributed by atoms with Crippen molar-refractivity contribution in [2.24, 2.45) is 5.92 Å². The van der Waals surface area contributed by atoms with Gasteiger partial charge >= 0.3 is 5.97 Å². The predicted molar refractivity (Wildman–Crippen MR) is 60.5 cm³/mol. The molecule has 90 valence electrons. The van der Waals surface area contributed by atoms with Crippen LogP contribution in [0.15, 0.2) is 18.2 Å². The number of hydrogen-bond acceptors (Lipinski definition) is 3. The first-order valence-electron chi connectivity index (χ1n) is 5.71. The Labute approximate surface area is 99.2 Å². The van der Waals surface area contributed by atoms with Crippen LogP contribution in [0.25, 0.3) is 0 Å². The van der Waals surface area contributed by atoms with Crippen LogP contribution >= 0.6 is 0 Å². The molecule has 0 unspecified atom stereocenters. The topological polar surface area (TPSA) is 55.8 Å². The minimum Gasteiger partial charge on any atom is -0.497 e. The lowest BCUT2D eigenvalue weighted by Crippen LogP contribution is -2.24. The van der Waals surface area contributed by atoms with Crippen LogP contribution in [0.3, 0.4) is 0 Å². The Morgan fingerprint density at radius 1 is 1.59 bits per heavy atom. The lowest BCUT2D eigenvalue weighted by Gasteiger charge is -2.26. The third-order valence-electron chi connectivity index (χ3n) is 3.90. The Kier molecular flexibility index (Phi) is 2.08. The first-order chi connectivity index (χ1) is 8.17. The van der Waals surface area contributed by atoms with Crippen LogP contribution in [-0.4, -0.2) is 24.8 Å². The van der Waals surface area contributed by atoms with E-state index in [4.69, 9.17) is 14.6 Å². The highest BCUT2D eigenvalue weighted by Gasteiger charge is 2.61. The van der Waals surface area contributed by atoms with Gasteiger partial charge in [-0.1, -0.05) is 0 Å². The second kappa shape index (κ2) is 3.39. The smallest absolute Gasteiger partial charge is 0.307 e. The maximum Gasteiger partial charge on any atom is 0.307 e. The second-order valence-electron chi connectivity index (χ2n) is 4.71. The van der Waals surface area contributed by atoms with Crippen LogP contribution in [0.1, 0.15) is 18.4 Å². The Balaban J connectivity index is 2.05. The number of carbonyl (C=O) groups is 1. The molecule has 1 aliphatic heterocycles. The van der Waals surface area contributed by atoms with Gasteiger partial charge in [0.1, 0.15) is 11.5 Å². The average molecular weight is 234 g/mol. The number of carboxylic acids is 1.